The first-order valence-electron chi connectivity index (χ1n) is 19.1. The van der Waals surface area contributed by atoms with Crippen molar-refractivity contribution in [3.8, 4) is 28.3 Å². The summed E-state index contributed by atoms with van der Waals surface area (Å²) in [5.41, 5.74) is 2.68. The maximum atomic E-state index is 13.8. The Morgan fingerprint density at radius 2 is 1.54 bits per heavy atom. The van der Waals surface area contributed by atoms with Gasteiger partial charge >= 0.3 is 5.97 Å². The van der Waals surface area contributed by atoms with Crippen LogP contribution in [-0.2, 0) is 26.2 Å². The molecule has 1 fully saturated rings. The van der Waals surface area contributed by atoms with Gasteiger partial charge in [0.1, 0.15) is 11.8 Å². The van der Waals surface area contributed by atoms with E-state index < -0.39 is 11.5 Å². The van der Waals surface area contributed by atoms with E-state index in [1.807, 2.05) is 67.0 Å². The van der Waals surface area contributed by atoms with Crippen molar-refractivity contribution in [3.05, 3.63) is 88.4 Å². The molecule has 0 aliphatic carbocycles. The summed E-state index contributed by atoms with van der Waals surface area (Å²) in [5, 5.41) is 9.23. The van der Waals surface area contributed by atoms with Gasteiger partial charge in [-0.2, -0.15) is 0 Å². The van der Waals surface area contributed by atoms with E-state index in [1.165, 1.54) is 44.1 Å². The Hall–Kier alpha value is -4.61. The molecule has 54 heavy (non-hydrogen) atoms. The Morgan fingerprint density at radius 3 is 2.17 bits per heavy atom. The number of ether oxygens (including phenoxy) is 2. The standard InChI is InChI=1S/C43H55N5O5S/c1-6-7-8-9-10-25-53-34-17-15-31(16-18-34)33-27-45-38(46-28-33)32-13-11-30(12-14-32)26-35(48-40(50)36-19-20-37(54-36)42(2,3)4)39(49)47-29-43(41(51)52-5)21-23-44-24-22-43/h11-20,27-28,35,44H,6-10,21-26,29H2,1-5H3,(H,47,49)(H,48,50). The fourth-order valence-corrected chi connectivity index (χ4v) is 7.51. The second-order valence-electron chi connectivity index (χ2n) is 15.2. The summed E-state index contributed by atoms with van der Waals surface area (Å²) >= 11 is 1.42. The molecule has 2 aromatic carbocycles. The van der Waals surface area contributed by atoms with Crippen LogP contribution >= 0.6 is 11.3 Å². The lowest BCUT2D eigenvalue weighted by atomic mass is 9.78. The van der Waals surface area contributed by atoms with Gasteiger partial charge in [-0.15, -0.1) is 11.3 Å². The normalized spacial score (nSPS) is 14.5. The van der Waals surface area contributed by atoms with Crippen LogP contribution in [0.25, 0.3) is 22.5 Å². The molecular weight excluding hydrogens is 699 g/mol. The molecule has 11 heteroatoms. The largest absolute Gasteiger partial charge is 0.494 e. The molecule has 0 bridgehead atoms. The van der Waals surface area contributed by atoms with Crippen molar-refractivity contribution in [1.29, 1.82) is 0 Å². The quantitative estimate of drug-likeness (QED) is 0.0746. The van der Waals surface area contributed by atoms with Crippen LogP contribution in [0.1, 0.15) is 92.8 Å². The number of thiophene rings is 1. The minimum Gasteiger partial charge on any atom is -0.494 e. The van der Waals surface area contributed by atoms with E-state index in [0.29, 0.717) is 36.6 Å². The Bertz CT molecular complexity index is 1810. The van der Waals surface area contributed by atoms with E-state index in [9.17, 15) is 14.4 Å². The minimum absolute atomic E-state index is 0.101. The summed E-state index contributed by atoms with van der Waals surface area (Å²) in [4.78, 5) is 51.0. The van der Waals surface area contributed by atoms with E-state index in [4.69, 9.17) is 9.47 Å². The number of rotatable bonds is 17. The van der Waals surface area contributed by atoms with Gasteiger partial charge in [0.05, 0.1) is 24.0 Å². The molecule has 10 nitrogen and oxygen atoms in total. The van der Waals surface area contributed by atoms with Crippen LogP contribution in [0.2, 0.25) is 0 Å². The SMILES string of the molecule is CCCCCCCOc1ccc(-c2cnc(-c3ccc(CC(NC(=O)c4ccc(C(C)(C)C)s4)C(=O)NCC4(C(=O)OC)CCNCC4)cc3)nc2)cc1. The molecular formula is C43H55N5O5S. The highest BCUT2D eigenvalue weighted by molar-refractivity contribution is 7.14. The topological polar surface area (TPSA) is 132 Å². The summed E-state index contributed by atoms with van der Waals surface area (Å²) in [5.74, 6) is 0.431. The van der Waals surface area contributed by atoms with Crippen molar-refractivity contribution in [3.63, 3.8) is 0 Å². The Kier molecular flexibility index (Phi) is 14.4. The molecule has 288 valence electrons. The van der Waals surface area contributed by atoms with Gasteiger partial charge in [-0.1, -0.05) is 89.8 Å². The van der Waals surface area contributed by atoms with Gasteiger partial charge in [0.2, 0.25) is 5.91 Å². The first kappa shape index (κ1) is 40.6. The maximum Gasteiger partial charge on any atom is 0.313 e. The summed E-state index contributed by atoms with van der Waals surface area (Å²) < 4.78 is 11.0. The molecule has 4 aromatic rings. The fraction of sp³-hybridized carbons (Fsp3) is 0.465. The molecule has 0 radical (unpaired) electrons. The zero-order chi connectivity index (χ0) is 38.6. The molecule has 3 N–H and O–H groups in total. The van der Waals surface area contributed by atoms with E-state index in [1.54, 1.807) is 6.07 Å². The van der Waals surface area contributed by atoms with Crippen LogP contribution in [0.3, 0.4) is 0 Å². The number of unbranched alkanes of at least 4 members (excludes halogenated alkanes) is 4. The Labute approximate surface area is 323 Å². The number of hydrogen-bond acceptors (Lipinski definition) is 9. The molecule has 3 heterocycles. The molecule has 1 atom stereocenters. The predicted octanol–water partition coefficient (Wildman–Crippen LogP) is 7.52. The summed E-state index contributed by atoms with van der Waals surface area (Å²) in [6.45, 7) is 10.7. The Balaban J connectivity index is 1.25. The number of nitrogens with one attached hydrogen (secondary N) is 3. The number of nitrogens with zero attached hydrogens (tertiary/aromatic N) is 2. The van der Waals surface area contributed by atoms with Crippen LogP contribution < -0.4 is 20.7 Å². The van der Waals surface area contributed by atoms with Crippen LogP contribution in [0.4, 0.5) is 0 Å². The van der Waals surface area contributed by atoms with E-state index in [0.717, 1.165) is 45.9 Å². The third kappa shape index (κ3) is 11.0. The third-order valence-corrected chi connectivity index (χ3v) is 11.5. The van der Waals surface area contributed by atoms with Crippen LogP contribution in [0.15, 0.2) is 73.1 Å². The van der Waals surface area contributed by atoms with Crippen LogP contribution in [-0.4, -0.2) is 67.1 Å². The van der Waals surface area contributed by atoms with Gasteiger partial charge in [0.15, 0.2) is 5.82 Å². The molecule has 0 saturated carbocycles. The maximum absolute atomic E-state index is 13.8. The van der Waals surface area contributed by atoms with Crippen molar-refractivity contribution < 1.29 is 23.9 Å². The first-order chi connectivity index (χ1) is 26.0. The van der Waals surface area contributed by atoms with Crippen molar-refractivity contribution >= 4 is 29.1 Å². The zero-order valence-electron chi connectivity index (χ0n) is 32.3. The number of hydrogen-bond donors (Lipinski definition) is 3. The molecule has 5 rings (SSSR count). The first-order valence-corrected chi connectivity index (χ1v) is 20.0. The fourth-order valence-electron chi connectivity index (χ4n) is 6.55. The third-order valence-electron chi connectivity index (χ3n) is 9.98. The number of piperidine rings is 1. The lowest BCUT2D eigenvalue weighted by Gasteiger charge is -2.35. The number of benzene rings is 2. The van der Waals surface area contributed by atoms with Crippen LogP contribution in [0, 0.1) is 5.41 Å². The van der Waals surface area contributed by atoms with E-state index in [-0.39, 0.29) is 36.2 Å². The lowest BCUT2D eigenvalue weighted by Crippen LogP contribution is -2.54. The van der Waals surface area contributed by atoms with Crippen LogP contribution in [0.5, 0.6) is 5.75 Å². The summed E-state index contributed by atoms with van der Waals surface area (Å²) in [7, 11) is 1.37. The number of esters is 1. The number of carbonyl (C=O) groups is 3. The van der Waals surface area contributed by atoms with Crippen molar-refractivity contribution in [2.24, 2.45) is 5.41 Å². The molecule has 1 aliphatic rings. The lowest BCUT2D eigenvalue weighted by molar-refractivity contribution is -0.154. The molecule has 1 aliphatic heterocycles. The van der Waals surface area contributed by atoms with Crippen molar-refractivity contribution in [2.45, 2.75) is 90.5 Å². The molecule has 1 saturated heterocycles. The zero-order valence-corrected chi connectivity index (χ0v) is 33.2. The smallest absolute Gasteiger partial charge is 0.313 e. The number of amides is 2. The van der Waals surface area contributed by atoms with Gasteiger partial charge in [0.25, 0.3) is 5.91 Å². The van der Waals surface area contributed by atoms with Gasteiger partial charge in [-0.3, -0.25) is 14.4 Å². The number of carbonyl (C=O) groups excluding carboxylic acids is 3. The Morgan fingerprint density at radius 1 is 0.870 bits per heavy atom. The van der Waals surface area contributed by atoms with Gasteiger partial charge in [0, 0.05) is 41.4 Å². The second kappa shape index (κ2) is 19.1. The van der Waals surface area contributed by atoms with E-state index in [2.05, 4.69) is 53.6 Å². The van der Waals surface area contributed by atoms with Crippen molar-refractivity contribution in [1.82, 2.24) is 25.9 Å². The highest BCUT2D eigenvalue weighted by atomic mass is 32.1. The van der Waals surface area contributed by atoms with E-state index >= 15 is 0 Å². The highest BCUT2D eigenvalue weighted by Gasteiger charge is 2.41. The average Bonchev–Trinajstić information content (AvgIpc) is 3.71. The number of aromatic nitrogens is 2. The van der Waals surface area contributed by atoms with Gasteiger partial charge in [-0.05, 0) is 73.2 Å². The molecule has 2 aromatic heterocycles. The second-order valence-corrected chi connectivity index (χ2v) is 16.2. The number of methoxy groups -OCH3 is 1. The molecule has 1 unspecified atom stereocenters. The highest BCUT2D eigenvalue weighted by Crippen LogP contribution is 2.31. The monoisotopic (exact) mass is 753 g/mol. The minimum atomic E-state index is -0.877. The molecule has 0 spiro atoms. The summed E-state index contributed by atoms with van der Waals surface area (Å²) in [6.07, 6.45) is 11.0. The van der Waals surface area contributed by atoms with Gasteiger partial charge in [-0.25, -0.2) is 9.97 Å². The van der Waals surface area contributed by atoms with Gasteiger partial charge < -0.3 is 25.4 Å². The molecule has 2 amide bonds. The van der Waals surface area contributed by atoms with Crippen molar-refractivity contribution in [2.75, 3.05) is 33.4 Å². The average molecular weight is 754 g/mol. The summed E-state index contributed by atoms with van der Waals surface area (Å²) in [6, 6.07) is 18.6. The predicted molar refractivity (Wildman–Crippen MR) is 215 cm³/mol.